The maximum Gasteiger partial charge on any atom is 0.145 e. The van der Waals surface area contributed by atoms with E-state index in [0.29, 0.717) is 5.69 Å². The number of rotatable bonds is 0. The molecule has 0 aliphatic rings. The van der Waals surface area contributed by atoms with Crippen LogP contribution in [-0.4, -0.2) is 10.3 Å². The van der Waals surface area contributed by atoms with Crippen LogP contribution in [0.4, 0.5) is 5.69 Å². The third kappa shape index (κ3) is 0.821. The molecule has 0 spiro atoms. The molecule has 0 bridgehead atoms. The van der Waals surface area contributed by atoms with Crippen molar-refractivity contribution >= 4 is 27.5 Å². The van der Waals surface area contributed by atoms with Gasteiger partial charge in [0.25, 0.3) is 0 Å². The smallest absolute Gasteiger partial charge is 0.145 e. The molecule has 1 aromatic heterocycles. The van der Waals surface area contributed by atoms with E-state index in [1.165, 1.54) is 0 Å². The predicted molar refractivity (Wildman–Crippen MR) is 53.7 cm³/mol. The second kappa shape index (κ2) is 2.45. The molecule has 68 valence electrons. The Bertz CT molecular complexity index is 615. The summed E-state index contributed by atoms with van der Waals surface area (Å²) < 4.78 is 4.67. The second-order valence-corrected chi connectivity index (χ2v) is 3.14. The van der Waals surface area contributed by atoms with Gasteiger partial charge < -0.3 is 5.73 Å². The third-order valence-electron chi connectivity index (χ3n) is 2.30. The van der Waals surface area contributed by atoms with Gasteiger partial charge in [0.15, 0.2) is 0 Å². The Labute approximate surface area is 79.3 Å². The van der Waals surface area contributed by atoms with Crippen LogP contribution in [0.5, 0.6) is 0 Å². The van der Waals surface area contributed by atoms with Crippen LogP contribution in [0.15, 0.2) is 35.0 Å². The minimum absolute atomic E-state index is 0.698. The molecular weight excluding hydrogens is 178 g/mol. The summed E-state index contributed by atoms with van der Waals surface area (Å²) in [5, 5.41) is 9.57. The number of aromatic nitrogens is 2. The fourth-order valence-corrected chi connectivity index (χ4v) is 1.65. The first kappa shape index (κ1) is 7.32. The molecule has 1 heterocycles. The van der Waals surface area contributed by atoms with E-state index in [1.807, 2.05) is 30.3 Å². The van der Waals surface area contributed by atoms with Gasteiger partial charge in [-0.25, -0.2) is 4.63 Å². The van der Waals surface area contributed by atoms with Gasteiger partial charge in [0.1, 0.15) is 11.0 Å². The number of benzene rings is 2. The van der Waals surface area contributed by atoms with Crippen LogP contribution in [0.3, 0.4) is 0 Å². The molecule has 0 aliphatic carbocycles. The van der Waals surface area contributed by atoms with Crippen molar-refractivity contribution < 1.29 is 4.63 Å². The normalized spacial score (nSPS) is 11.1. The van der Waals surface area contributed by atoms with Crippen LogP contribution in [0.25, 0.3) is 21.8 Å². The lowest BCUT2D eigenvalue weighted by molar-refractivity contribution is 0.316. The molecule has 14 heavy (non-hydrogen) atoms. The summed E-state index contributed by atoms with van der Waals surface area (Å²) in [5.74, 6) is 0. The Hall–Kier alpha value is -2.10. The summed E-state index contributed by atoms with van der Waals surface area (Å²) in [6.45, 7) is 0. The molecule has 0 radical (unpaired) electrons. The summed E-state index contributed by atoms with van der Waals surface area (Å²) >= 11 is 0. The topological polar surface area (TPSA) is 64.9 Å². The largest absolute Gasteiger partial charge is 0.398 e. The summed E-state index contributed by atoms with van der Waals surface area (Å²) in [5.41, 5.74) is 8.02. The quantitative estimate of drug-likeness (QED) is 0.543. The Morgan fingerprint density at radius 1 is 1.07 bits per heavy atom. The van der Waals surface area contributed by atoms with Crippen molar-refractivity contribution in [1.82, 2.24) is 10.3 Å². The van der Waals surface area contributed by atoms with Crippen LogP contribution in [0.2, 0.25) is 0 Å². The molecule has 4 heteroatoms. The van der Waals surface area contributed by atoms with Crippen molar-refractivity contribution in [2.45, 2.75) is 0 Å². The zero-order chi connectivity index (χ0) is 9.54. The highest BCUT2D eigenvalue weighted by Crippen LogP contribution is 2.27. The summed E-state index contributed by atoms with van der Waals surface area (Å²) in [4.78, 5) is 0. The van der Waals surface area contributed by atoms with Crippen LogP contribution in [0, 0.1) is 0 Å². The van der Waals surface area contributed by atoms with Crippen molar-refractivity contribution in [2.75, 3.05) is 5.73 Å². The number of nitrogen functional groups attached to an aromatic ring is 1. The molecule has 4 nitrogen and oxygen atoms in total. The molecule has 2 N–H and O–H groups in total. The molecular formula is C10H7N3O. The molecule has 0 amide bonds. The molecule has 3 aromatic rings. The van der Waals surface area contributed by atoms with Gasteiger partial charge in [-0.1, -0.05) is 18.2 Å². The fraction of sp³-hybridized carbons (Fsp3) is 0. The van der Waals surface area contributed by atoms with Gasteiger partial charge in [-0.05, 0) is 27.8 Å². The van der Waals surface area contributed by atoms with Crippen molar-refractivity contribution in [2.24, 2.45) is 0 Å². The number of hydrogen-bond acceptors (Lipinski definition) is 4. The number of hydrogen-bond donors (Lipinski definition) is 1. The van der Waals surface area contributed by atoms with Gasteiger partial charge in [-0.15, -0.1) is 0 Å². The van der Waals surface area contributed by atoms with Crippen LogP contribution in [0.1, 0.15) is 0 Å². The highest BCUT2D eigenvalue weighted by atomic mass is 16.6. The fourth-order valence-electron chi connectivity index (χ4n) is 1.65. The van der Waals surface area contributed by atoms with E-state index in [4.69, 9.17) is 5.73 Å². The lowest BCUT2D eigenvalue weighted by Gasteiger charge is -1.99. The van der Waals surface area contributed by atoms with Gasteiger partial charge in [-0.3, -0.25) is 0 Å². The second-order valence-electron chi connectivity index (χ2n) is 3.14. The summed E-state index contributed by atoms with van der Waals surface area (Å²) in [7, 11) is 0. The number of fused-ring (bicyclic) bond motifs is 3. The number of nitrogens with zero attached hydrogens (tertiary/aromatic N) is 2. The summed E-state index contributed by atoms with van der Waals surface area (Å²) in [6.07, 6.45) is 0. The van der Waals surface area contributed by atoms with Crippen molar-refractivity contribution in [3.63, 3.8) is 0 Å². The Morgan fingerprint density at radius 3 is 2.93 bits per heavy atom. The monoisotopic (exact) mass is 185 g/mol. The molecule has 0 fully saturated rings. The Morgan fingerprint density at radius 2 is 2.00 bits per heavy atom. The van der Waals surface area contributed by atoms with Crippen molar-refractivity contribution in [3.8, 4) is 0 Å². The standard InChI is InChI=1S/C10H7N3O/c11-7-3-1-2-6-4-5-8-10(9(6)7)13-14-12-8/h1-5H,11H2. The maximum atomic E-state index is 5.87. The first-order valence-corrected chi connectivity index (χ1v) is 4.26. The van der Waals surface area contributed by atoms with E-state index in [1.54, 1.807) is 0 Å². The van der Waals surface area contributed by atoms with E-state index in [-0.39, 0.29) is 0 Å². The van der Waals surface area contributed by atoms with E-state index >= 15 is 0 Å². The van der Waals surface area contributed by atoms with Crippen molar-refractivity contribution in [3.05, 3.63) is 30.3 Å². The van der Waals surface area contributed by atoms with E-state index < -0.39 is 0 Å². The molecule has 0 unspecified atom stereocenters. The Kier molecular flexibility index (Phi) is 1.28. The highest BCUT2D eigenvalue weighted by Gasteiger charge is 2.07. The molecule has 0 aliphatic heterocycles. The minimum atomic E-state index is 0.698. The van der Waals surface area contributed by atoms with Crippen LogP contribution in [-0.2, 0) is 0 Å². The Balaban J connectivity index is 2.67. The van der Waals surface area contributed by atoms with Crippen LogP contribution >= 0.6 is 0 Å². The SMILES string of the molecule is Nc1cccc2ccc3nonc3c12. The average molecular weight is 185 g/mol. The third-order valence-corrected chi connectivity index (χ3v) is 2.30. The minimum Gasteiger partial charge on any atom is -0.398 e. The first-order chi connectivity index (χ1) is 6.86. The highest BCUT2D eigenvalue weighted by molar-refractivity contribution is 6.09. The zero-order valence-electron chi connectivity index (χ0n) is 7.27. The average Bonchev–Trinajstić information content (AvgIpc) is 2.65. The summed E-state index contributed by atoms with van der Waals surface area (Å²) in [6, 6.07) is 9.57. The lowest BCUT2D eigenvalue weighted by atomic mass is 10.1. The van der Waals surface area contributed by atoms with E-state index in [9.17, 15) is 0 Å². The van der Waals surface area contributed by atoms with Gasteiger partial charge in [-0.2, -0.15) is 0 Å². The number of nitrogens with two attached hydrogens (primary N) is 1. The van der Waals surface area contributed by atoms with Gasteiger partial charge >= 0.3 is 0 Å². The van der Waals surface area contributed by atoms with E-state index in [0.717, 1.165) is 21.8 Å². The number of anilines is 1. The zero-order valence-corrected chi connectivity index (χ0v) is 7.27. The van der Waals surface area contributed by atoms with Gasteiger partial charge in [0, 0.05) is 11.1 Å². The molecule has 0 atom stereocenters. The molecule has 2 aromatic carbocycles. The first-order valence-electron chi connectivity index (χ1n) is 4.26. The molecule has 3 rings (SSSR count). The maximum absolute atomic E-state index is 5.87. The predicted octanol–water partition coefficient (Wildman–Crippen LogP) is 1.96. The van der Waals surface area contributed by atoms with Crippen molar-refractivity contribution in [1.29, 1.82) is 0 Å². The molecule has 0 saturated carbocycles. The van der Waals surface area contributed by atoms with Gasteiger partial charge in [0.2, 0.25) is 0 Å². The van der Waals surface area contributed by atoms with E-state index in [2.05, 4.69) is 14.9 Å². The molecule has 0 saturated heterocycles. The van der Waals surface area contributed by atoms with Crippen LogP contribution < -0.4 is 5.73 Å². The van der Waals surface area contributed by atoms with Gasteiger partial charge in [0.05, 0.1) is 0 Å². The lowest BCUT2D eigenvalue weighted by Crippen LogP contribution is -1.87.